The largest absolute Gasteiger partial charge is 0.353 e. The van der Waals surface area contributed by atoms with Crippen molar-refractivity contribution < 1.29 is 4.79 Å². The van der Waals surface area contributed by atoms with E-state index in [4.69, 9.17) is 5.73 Å². The molecule has 1 aromatic rings. The monoisotopic (exact) mass is 398 g/mol. The second kappa shape index (κ2) is 7.05. The van der Waals surface area contributed by atoms with Crippen molar-refractivity contribution in [3.05, 3.63) is 35.9 Å². The summed E-state index contributed by atoms with van der Waals surface area (Å²) in [6, 6.07) is 11.9. The zero-order valence-corrected chi connectivity index (χ0v) is 17.8. The Kier molecular flexibility index (Phi) is 4.78. The van der Waals surface area contributed by atoms with Gasteiger partial charge in [0.25, 0.3) is 0 Å². The Labute approximate surface area is 173 Å². The van der Waals surface area contributed by atoms with Gasteiger partial charge in [-0.25, -0.2) is 0 Å². The molecular formula is C24H34N2OS. The lowest BCUT2D eigenvalue weighted by Gasteiger charge is -2.43. The predicted octanol–water partition coefficient (Wildman–Crippen LogP) is 4.11. The van der Waals surface area contributed by atoms with Crippen LogP contribution < -0.4 is 11.1 Å². The van der Waals surface area contributed by atoms with Crippen molar-refractivity contribution >= 4 is 17.7 Å². The molecule has 28 heavy (non-hydrogen) atoms. The summed E-state index contributed by atoms with van der Waals surface area (Å²) >= 11 is 1.99. The molecule has 3 N–H and O–H groups in total. The Morgan fingerprint density at radius 3 is 2.61 bits per heavy atom. The maximum Gasteiger partial charge on any atom is 0.223 e. The lowest BCUT2D eigenvalue weighted by atomic mass is 9.62. The van der Waals surface area contributed by atoms with E-state index in [0.717, 1.165) is 25.7 Å². The van der Waals surface area contributed by atoms with Crippen LogP contribution in [0.5, 0.6) is 0 Å². The molecule has 4 heteroatoms. The Morgan fingerprint density at radius 2 is 1.89 bits per heavy atom. The minimum Gasteiger partial charge on any atom is -0.353 e. The zero-order valence-electron chi connectivity index (χ0n) is 17.0. The van der Waals surface area contributed by atoms with Crippen molar-refractivity contribution in [2.75, 3.05) is 12.0 Å². The molecule has 0 saturated heterocycles. The Hall–Kier alpha value is -1.00. The van der Waals surface area contributed by atoms with E-state index in [1.807, 2.05) is 11.8 Å². The summed E-state index contributed by atoms with van der Waals surface area (Å²) in [5.74, 6) is 2.93. The van der Waals surface area contributed by atoms with E-state index in [2.05, 4.69) is 41.9 Å². The third-order valence-electron chi connectivity index (χ3n) is 8.59. The number of nitrogens with one attached hydrogen (secondary N) is 1. The summed E-state index contributed by atoms with van der Waals surface area (Å²) < 4.78 is 0. The van der Waals surface area contributed by atoms with Gasteiger partial charge in [-0.1, -0.05) is 30.3 Å². The van der Waals surface area contributed by atoms with Crippen molar-refractivity contribution in [3.8, 4) is 0 Å². The van der Waals surface area contributed by atoms with Gasteiger partial charge in [0.2, 0.25) is 5.91 Å². The maximum absolute atomic E-state index is 13.4. The van der Waals surface area contributed by atoms with Crippen molar-refractivity contribution in [1.82, 2.24) is 5.32 Å². The first kappa shape index (κ1) is 19.0. The number of thioether (sulfide) groups is 1. The van der Waals surface area contributed by atoms with E-state index < -0.39 is 0 Å². The molecule has 0 aromatic heterocycles. The molecule has 3 nitrogen and oxygen atoms in total. The molecule has 5 aliphatic carbocycles. The second-order valence-electron chi connectivity index (χ2n) is 10.2. The summed E-state index contributed by atoms with van der Waals surface area (Å²) in [5, 5.41) is 3.46. The first-order valence-corrected chi connectivity index (χ1v) is 12.6. The van der Waals surface area contributed by atoms with Crippen LogP contribution in [0.3, 0.4) is 0 Å². The van der Waals surface area contributed by atoms with E-state index in [-0.39, 0.29) is 5.92 Å². The van der Waals surface area contributed by atoms with Gasteiger partial charge in [0, 0.05) is 18.0 Å². The van der Waals surface area contributed by atoms with Gasteiger partial charge in [-0.15, -0.1) is 0 Å². The van der Waals surface area contributed by atoms with E-state index in [0.29, 0.717) is 40.7 Å². The number of hydrogen-bond donors (Lipinski definition) is 2. The SMILES string of the molecule is CSCC12CC3CC(c4ccccc4)(CC1[C@@H]3C(=O)NC1CCC(N)CC1)C2. The Morgan fingerprint density at radius 1 is 1.14 bits per heavy atom. The smallest absolute Gasteiger partial charge is 0.223 e. The maximum atomic E-state index is 13.4. The zero-order chi connectivity index (χ0) is 19.4. The number of carbonyl (C=O) groups excluding carboxylic acids is 1. The summed E-state index contributed by atoms with van der Waals surface area (Å²) in [6.45, 7) is 0. The highest BCUT2D eigenvalue weighted by Crippen LogP contribution is 2.73. The van der Waals surface area contributed by atoms with Crippen LogP contribution in [0.15, 0.2) is 30.3 Å². The highest BCUT2D eigenvalue weighted by Gasteiger charge is 2.69. The van der Waals surface area contributed by atoms with Crippen LogP contribution in [-0.2, 0) is 10.2 Å². The minimum atomic E-state index is 0.238. The fraction of sp³-hybridized carbons (Fsp3) is 0.708. The third kappa shape index (κ3) is 2.94. The summed E-state index contributed by atoms with van der Waals surface area (Å²) in [5.41, 5.74) is 8.26. The summed E-state index contributed by atoms with van der Waals surface area (Å²) in [4.78, 5) is 13.4. The molecule has 0 heterocycles. The molecule has 4 bridgehead atoms. The van der Waals surface area contributed by atoms with Gasteiger partial charge < -0.3 is 11.1 Å². The topological polar surface area (TPSA) is 55.1 Å². The Bertz CT molecular complexity index is 731. The van der Waals surface area contributed by atoms with Gasteiger partial charge in [0.15, 0.2) is 0 Å². The van der Waals surface area contributed by atoms with Gasteiger partial charge in [-0.3, -0.25) is 4.79 Å². The van der Waals surface area contributed by atoms with Crippen LogP contribution >= 0.6 is 11.8 Å². The lowest BCUT2D eigenvalue weighted by Crippen LogP contribution is -2.47. The standard InChI is InChI=1S/C24H34N2OS/c1-28-15-24-12-16-11-23(14-24,17-5-3-2-4-6-17)13-20(24)21(16)22(27)26-19-9-7-18(25)8-10-19/h2-6,16,18-21H,7-15,25H2,1H3,(H,26,27)/t16?,18?,19?,20?,21-,23?,24?/m1/s1. The predicted molar refractivity (Wildman–Crippen MR) is 116 cm³/mol. The fourth-order valence-electron chi connectivity index (χ4n) is 7.67. The van der Waals surface area contributed by atoms with Crippen LogP contribution in [0.1, 0.15) is 56.9 Å². The van der Waals surface area contributed by atoms with Crippen LogP contribution in [0, 0.1) is 23.2 Å². The molecule has 5 fully saturated rings. The van der Waals surface area contributed by atoms with Crippen molar-refractivity contribution in [2.24, 2.45) is 28.9 Å². The summed E-state index contributed by atoms with van der Waals surface area (Å²) in [7, 11) is 0. The van der Waals surface area contributed by atoms with Crippen LogP contribution in [0.25, 0.3) is 0 Å². The molecule has 152 valence electrons. The number of benzene rings is 1. The first-order valence-electron chi connectivity index (χ1n) is 11.2. The molecule has 0 aliphatic heterocycles. The summed E-state index contributed by atoms with van der Waals surface area (Å²) in [6.07, 6.45) is 11.4. The number of rotatable bonds is 5. The molecular weight excluding hydrogens is 364 g/mol. The molecule has 0 spiro atoms. The molecule has 5 aliphatic rings. The Balaban J connectivity index is 1.38. The molecule has 5 saturated carbocycles. The highest BCUT2D eigenvalue weighted by atomic mass is 32.2. The second-order valence-corrected chi connectivity index (χ2v) is 11.1. The number of hydrogen-bond acceptors (Lipinski definition) is 3. The molecule has 4 unspecified atom stereocenters. The number of carbonyl (C=O) groups is 1. The van der Waals surface area contributed by atoms with Gasteiger partial charge >= 0.3 is 0 Å². The van der Waals surface area contributed by atoms with E-state index >= 15 is 0 Å². The average molecular weight is 399 g/mol. The fourth-order valence-corrected chi connectivity index (χ4v) is 8.68. The average Bonchev–Trinajstić information content (AvgIpc) is 3.05. The minimum absolute atomic E-state index is 0.238. The first-order chi connectivity index (χ1) is 13.6. The van der Waals surface area contributed by atoms with Gasteiger partial charge in [0.1, 0.15) is 0 Å². The van der Waals surface area contributed by atoms with Gasteiger partial charge in [0.05, 0.1) is 0 Å². The van der Waals surface area contributed by atoms with Crippen molar-refractivity contribution in [2.45, 2.75) is 68.9 Å². The number of amides is 1. The number of nitrogens with two attached hydrogens (primary N) is 1. The van der Waals surface area contributed by atoms with Crippen molar-refractivity contribution in [1.29, 1.82) is 0 Å². The van der Waals surface area contributed by atoms with E-state index in [1.165, 1.54) is 37.0 Å². The van der Waals surface area contributed by atoms with Crippen LogP contribution in [0.2, 0.25) is 0 Å². The molecule has 0 radical (unpaired) electrons. The lowest BCUT2D eigenvalue weighted by molar-refractivity contribution is -0.129. The quantitative estimate of drug-likeness (QED) is 0.785. The van der Waals surface area contributed by atoms with E-state index in [9.17, 15) is 4.79 Å². The molecule has 6 rings (SSSR count). The van der Waals surface area contributed by atoms with Gasteiger partial charge in [-0.05, 0) is 91.6 Å². The van der Waals surface area contributed by atoms with Crippen LogP contribution in [-0.4, -0.2) is 30.0 Å². The normalized spacial score (nSPS) is 44.0. The van der Waals surface area contributed by atoms with Gasteiger partial charge in [-0.2, -0.15) is 11.8 Å². The third-order valence-corrected chi connectivity index (χ3v) is 9.45. The molecule has 5 atom stereocenters. The van der Waals surface area contributed by atoms with E-state index in [1.54, 1.807) is 0 Å². The highest BCUT2D eigenvalue weighted by molar-refractivity contribution is 7.98. The van der Waals surface area contributed by atoms with Crippen molar-refractivity contribution in [3.63, 3.8) is 0 Å². The molecule has 1 aromatic carbocycles. The van der Waals surface area contributed by atoms with Crippen LogP contribution in [0.4, 0.5) is 0 Å². The molecule has 1 amide bonds.